The number of anilines is 1. The molecule has 20 heavy (non-hydrogen) atoms. The summed E-state index contributed by atoms with van der Waals surface area (Å²) in [6.45, 7) is 2.07. The number of hydrogen-bond donors (Lipinski definition) is 1. The zero-order chi connectivity index (χ0) is 14.1. The highest BCUT2D eigenvalue weighted by Crippen LogP contribution is 2.36. The normalized spacial score (nSPS) is 16.5. The largest absolute Gasteiger partial charge is 0.383 e. The summed E-state index contributed by atoms with van der Waals surface area (Å²) in [5.41, 5.74) is 9.38. The second kappa shape index (κ2) is 5.27. The third-order valence-electron chi connectivity index (χ3n) is 4.44. The van der Waals surface area contributed by atoms with Crippen LogP contribution in [0.4, 0.5) is 5.82 Å². The highest BCUT2D eigenvalue weighted by molar-refractivity contribution is 5.73. The van der Waals surface area contributed by atoms with Crippen LogP contribution in [-0.4, -0.2) is 14.5 Å². The van der Waals surface area contributed by atoms with E-state index in [4.69, 9.17) is 10.7 Å². The van der Waals surface area contributed by atoms with Gasteiger partial charge in [-0.2, -0.15) is 0 Å². The summed E-state index contributed by atoms with van der Waals surface area (Å²) in [5, 5.41) is 0. The molecule has 4 nitrogen and oxygen atoms in total. The molecule has 0 saturated heterocycles. The Bertz CT molecular complexity index is 609. The molecule has 0 amide bonds. The first kappa shape index (κ1) is 13.2. The quantitative estimate of drug-likeness (QED) is 0.909. The fourth-order valence-corrected chi connectivity index (χ4v) is 3.17. The number of nitrogens with zero attached hydrogens (tertiary/aromatic N) is 3. The molecule has 106 valence electrons. The van der Waals surface area contributed by atoms with E-state index < -0.39 is 0 Å². The van der Waals surface area contributed by atoms with Gasteiger partial charge in [0.25, 0.3) is 0 Å². The Hall–Kier alpha value is -1.84. The molecule has 1 fully saturated rings. The Kier molecular flexibility index (Phi) is 3.47. The SMILES string of the molecule is Cc1ccncc1-c1nc(C2CCCCC2)n(C)c1N. The summed E-state index contributed by atoms with van der Waals surface area (Å²) in [7, 11) is 2.03. The molecular weight excluding hydrogens is 248 g/mol. The van der Waals surface area contributed by atoms with Gasteiger partial charge in [-0.25, -0.2) is 4.98 Å². The lowest BCUT2D eigenvalue weighted by Crippen LogP contribution is -2.11. The van der Waals surface area contributed by atoms with Gasteiger partial charge >= 0.3 is 0 Å². The maximum Gasteiger partial charge on any atom is 0.131 e. The molecule has 4 heteroatoms. The lowest BCUT2D eigenvalue weighted by molar-refractivity contribution is 0.422. The van der Waals surface area contributed by atoms with Crippen LogP contribution in [0.3, 0.4) is 0 Å². The average Bonchev–Trinajstić information content (AvgIpc) is 2.77. The predicted octanol–water partition coefficient (Wildman–Crippen LogP) is 3.42. The molecule has 1 aliphatic carbocycles. The van der Waals surface area contributed by atoms with Gasteiger partial charge in [0.1, 0.15) is 17.3 Å². The van der Waals surface area contributed by atoms with Crippen molar-refractivity contribution in [1.29, 1.82) is 0 Å². The lowest BCUT2D eigenvalue weighted by atomic mass is 9.89. The summed E-state index contributed by atoms with van der Waals surface area (Å²) in [6.07, 6.45) is 10.1. The van der Waals surface area contributed by atoms with E-state index >= 15 is 0 Å². The van der Waals surface area contributed by atoms with E-state index in [1.165, 1.54) is 37.7 Å². The van der Waals surface area contributed by atoms with Crippen molar-refractivity contribution in [1.82, 2.24) is 14.5 Å². The first-order chi connectivity index (χ1) is 9.68. The molecule has 0 aromatic carbocycles. The molecule has 1 aliphatic rings. The van der Waals surface area contributed by atoms with Crippen LogP contribution in [0.2, 0.25) is 0 Å². The smallest absolute Gasteiger partial charge is 0.131 e. The molecule has 1 saturated carbocycles. The Morgan fingerprint density at radius 3 is 2.70 bits per heavy atom. The van der Waals surface area contributed by atoms with Gasteiger partial charge in [-0.3, -0.25) is 4.98 Å². The van der Waals surface area contributed by atoms with Crippen LogP contribution < -0.4 is 5.73 Å². The zero-order valence-electron chi connectivity index (χ0n) is 12.3. The summed E-state index contributed by atoms with van der Waals surface area (Å²) in [6, 6.07) is 2.00. The zero-order valence-corrected chi connectivity index (χ0v) is 12.3. The third-order valence-corrected chi connectivity index (χ3v) is 4.44. The Morgan fingerprint density at radius 2 is 2.00 bits per heavy atom. The minimum Gasteiger partial charge on any atom is -0.383 e. The van der Waals surface area contributed by atoms with Gasteiger partial charge in [-0.05, 0) is 31.4 Å². The number of aryl methyl sites for hydroxylation is 1. The lowest BCUT2D eigenvalue weighted by Gasteiger charge is -2.21. The molecule has 0 aliphatic heterocycles. The van der Waals surface area contributed by atoms with Gasteiger partial charge in [-0.1, -0.05) is 19.3 Å². The molecular formula is C16H22N4. The predicted molar refractivity (Wildman–Crippen MR) is 81.4 cm³/mol. The second-order valence-corrected chi connectivity index (χ2v) is 5.79. The van der Waals surface area contributed by atoms with Gasteiger partial charge in [0.2, 0.25) is 0 Å². The van der Waals surface area contributed by atoms with Crippen molar-refractivity contribution in [2.24, 2.45) is 7.05 Å². The first-order valence-electron chi connectivity index (χ1n) is 7.41. The monoisotopic (exact) mass is 270 g/mol. The van der Waals surface area contributed by atoms with Crippen LogP contribution in [0, 0.1) is 6.92 Å². The van der Waals surface area contributed by atoms with E-state index in [1.54, 1.807) is 6.20 Å². The van der Waals surface area contributed by atoms with Crippen molar-refractivity contribution in [2.45, 2.75) is 44.9 Å². The first-order valence-corrected chi connectivity index (χ1v) is 7.41. The fourth-order valence-electron chi connectivity index (χ4n) is 3.17. The van der Waals surface area contributed by atoms with Crippen LogP contribution in [0.15, 0.2) is 18.5 Å². The highest BCUT2D eigenvalue weighted by atomic mass is 15.1. The van der Waals surface area contributed by atoms with Gasteiger partial charge in [0.15, 0.2) is 0 Å². The molecule has 0 spiro atoms. The van der Waals surface area contributed by atoms with Gasteiger partial charge in [0.05, 0.1) is 0 Å². The van der Waals surface area contributed by atoms with E-state index in [1.807, 2.05) is 19.3 Å². The second-order valence-electron chi connectivity index (χ2n) is 5.79. The molecule has 0 unspecified atom stereocenters. The highest BCUT2D eigenvalue weighted by Gasteiger charge is 2.23. The van der Waals surface area contributed by atoms with Crippen LogP contribution in [0.5, 0.6) is 0 Å². The number of nitrogens with two attached hydrogens (primary N) is 1. The van der Waals surface area contributed by atoms with Crippen molar-refractivity contribution in [3.63, 3.8) is 0 Å². The summed E-state index contributed by atoms with van der Waals surface area (Å²) < 4.78 is 2.07. The minimum absolute atomic E-state index is 0.557. The van der Waals surface area contributed by atoms with Crippen LogP contribution in [0.25, 0.3) is 11.3 Å². The number of hydrogen-bond acceptors (Lipinski definition) is 3. The average molecular weight is 270 g/mol. The molecule has 0 radical (unpaired) electrons. The maximum absolute atomic E-state index is 6.28. The van der Waals surface area contributed by atoms with E-state index in [9.17, 15) is 0 Å². The fraction of sp³-hybridized carbons (Fsp3) is 0.500. The van der Waals surface area contributed by atoms with E-state index in [-0.39, 0.29) is 0 Å². The number of rotatable bonds is 2. The van der Waals surface area contributed by atoms with Crippen molar-refractivity contribution in [3.05, 3.63) is 29.8 Å². The van der Waals surface area contributed by atoms with E-state index in [2.05, 4.69) is 16.5 Å². The molecule has 0 bridgehead atoms. The summed E-state index contributed by atoms with van der Waals surface area (Å²) in [5.74, 6) is 2.45. The minimum atomic E-state index is 0.557. The van der Waals surface area contributed by atoms with E-state index in [0.29, 0.717) is 5.92 Å². The molecule has 2 heterocycles. The standard InChI is InChI=1S/C16H22N4/c1-11-8-9-18-10-13(11)14-15(17)20(2)16(19-14)12-6-4-3-5-7-12/h8-10,12H,3-7,17H2,1-2H3. The Balaban J connectivity index is 2.03. The summed E-state index contributed by atoms with van der Waals surface area (Å²) >= 11 is 0. The third kappa shape index (κ3) is 2.19. The molecule has 0 atom stereocenters. The Labute approximate surface area is 120 Å². The van der Waals surface area contributed by atoms with Crippen molar-refractivity contribution in [3.8, 4) is 11.3 Å². The molecule has 2 aromatic rings. The molecule has 2 aromatic heterocycles. The summed E-state index contributed by atoms with van der Waals surface area (Å²) in [4.78, 5) is 9.07. The van der Waals surface area contributed by atoms with Crippen LogP contribution in [-0.2, 0) is 7.05 Å². The van der Waals surface area contributed by atoms with Gasteiger partial charge < -0.3 is 10.3 Å². The topological polar surface area (TPSA) is 56.7 Å². The van der Waals surface area contributed by atoms with Crippen molar-refractivity contribution in [2.75, 3.05) is 5.73 Å². The number of pyridine rings is 1. The van der Waals surface area contributed by atoms with Crippen LogP contribution >= 0.6 is 0 Å². The maximum atomic E-state index is 6.28. The van der Waals surface area contributed by atoms with Gasteiger partial charge in [-0.15, -0.1) is 0 Å². The van der Waals surface area contributed by atoms with Crippen LogP contribution in [0.1, 0.15) is 49.4 Å². The van der Waals surface area contributed by atoms with Crippen molar-refractivity contribution < 1.29 is 0 Å². The number of imidazole rings is 1. The number of aromatic nitrogens is 3. The molecule has 2 N–H and O–H groups in total. The van der Waals surface area contributed by atoms with Gasteiger partial charge in [0, 0.05) is 30.9 Å². The Morgan fingerprint density at radius 1 is 1.25 bits per heavy atom. The number of nitrogen functional groups attached to an aromatic ring is 1. The van der Waals surface area contributed by atoms with E-state index in [0.717, 1.165) is 22.9 Å². The molecule has 3 rings (SSSR count). The van der Waals surface area contributed by atoms with Crippen molar-refractivity contribution >= 4 is 5.82 Å².